The van der Waals surface area contributed by atoms with E-state index in [4.69, 9.17) is 0 Å². The quantitative estimate of drug-likeness (QED) is 0.616. The van der Waals surface area contributed by atoms with Crippen molar-refractivity contribution in [1.82, 2.24) is 4.90 Å². The number of likely N-dealkylation sites (tertiary alicyclic amines) is 1. The lowest BCUT2D eigenvalue weighted by molar-refractivity contribution is -0.125. The molecule has 2 amide bonds. The van der Waals surface area contributed by atoms with Crippen molar-refractivity contribution in [3.63, 3.8) is 0 Å². The number of imide groups is 1. The average molecular weight is 357 g/mol. The molecule has 1 aromatic carbocycles. The van der Waals surface area contributed by atoms with Gasteiger partial charge in [0.2, 0.25) is 5.91 Å². The summed E-state index contributed by atoms with van der Waals surface area (Å²) in [7, 11) is 0. The molecule has 0 bridgehead atoms. The van der Waals surface area contributed by atoms with Crippen LogP contribution >= 0.6 is 22.6 Å². The van der Waals surface area contributed by atoms with Crippen molar-refractivity contribution in [3.8, 4) is 0 Å². The topological polar surface area (TPSA) is 37.4 Å². The van der Waals surface area contributed by atoms with E-state index in [9.17, 15) is 9.59 Å². The van der Waals surface area contributed by atoms with Crippen LogP contribution in [0.15, 0.2) is 24.3 Å². The summed E-state index contributed by atoms with van der Waals surface area (Å²) in [6.07, 6.45) is 2.59. The molecule has 3 nitrogen and oxygen atoms in total. The lowest BCUT2D eigenvalue weighted by Crippen LogP contribution is -2.32. The summed E-state index contributed by atoms with van der Waals surface area (Å²) in [5, 5.41) is 0. The van der Waals surface area contributed by atoms with Gasteiger partial charge in [-0.1, -0.05) is 13.3 Å². The van der Waals surface area contributed by atoms with Gasteiger partial charge in [-0.3, -0.25) is 14.5 Å². The van der Waals surface area contributed by atoms with Gasteiger partial charge >= 0.3 is 0 Å². The van der Waals surface area contributed by atoms with Gasteiger partial charge in [-0.25, -0.2) is 0 Å². The molecule has 0 aliphatic carbocycles. The summed E-state index contributed by atoms with van der Waals surface area (Å²) >= 11 is 2.19. The number of carbonyl (C=O) groups is 2. The number of halogens is 1. The molecule has 18 heavy (non-hydrogen) atoms. The van der Waals surface area contributed by atoms with Gasteiger partial charge in [-0.15, -0.1) is 0 Å². The standard InChI is InChI=1S/C14H16INO2/c1-2-3-10-8-13(17)16(9-10)14(18)11-4-6-12(15)7-5-11/h4-7,10H,2-3,8-9H2,1H3. The summed E-state index contributed by atoms with van der Waals surface area (Å²) in [5.74, 6) is 0.155. The summed E-state index contributed by atoms with van der Waals surface area (Å²) in [4.78, 5) is 25.5. The van der Waals surface area contributed by atoms with Crippen LogP contribution in [0, 0.1) is 9.49 Å². The lowest BCUT2D eigenvalue weighted by atomic mass is 10.0. The van der Waals surface area contributed by atoms with Gasteiger partial charge in [0.1, 0.15) is 0 Å². The predicted octanol–water partition coefficient (Wildman–Crippen LogP) is 3.08. The lowest BCUT2D eigenvalue weighted by Gasteiger charge is -2.14. The van der Waals surface area contributed by atoms with E-state index in [0.29, 0.717) is 24.4 Å². The van der Waals surface area contributed by atoms with Gasteiger partial charge in [0.25, 0.3) is 5.91 Å². The third-order valence-electron chi connectivity index (χ3n) is 3.24. The molecule has 1 saturated heterocycles. The molecule has 96 valence electrons. The maximum atomic E-state index is 12.2. The van der Waals surface area contributed by atoms with Gasteiger partial charge in [-0.05, 0) is 59.2 Å². The van der Waals surface area contributed by atoms with E-state index in [2.05, 4.69) is 29.5 Å². The molecule has 1 fully saturated rings. The first-order valence-corrected chi connectivity index (χ1v) is 7.30. The van der Waals surface area contributed by atoms with E-state index in [-0.39, 0.29) is 11.8 Å². The molecule has 0 saturated carbocycles. The minimum Gasteiger partial charge on any atom is -0.278 e. The van der Waals surface area contributed by atoms with Gasteiger partial charge in [0, 0.05) is 22.1 Å². The fourth-order valence-corrected chi connectivity index (χ4v) is 2.69. The summed E-state index contributed by atoms with van der Waals surface area (Å²) in [5.41, 5.74) is 0.598. The molecule has 1 heterocycles. The van der Waals surface area contributed by atoms with Crippen LogP contribution < -0.4 is 0 Å². The molecule has 4 heteroatoms. The maximum Gasteiger partial charge on any atom is 0.260 e. The molecule has 1 aromatic rings. The van der Waals surface area contributed by atoms with Crippen LogP contribution in [0.2, 0.25) is 0 Å². The number of hydrogen-bond acceptors (Lipinski definition) is 2. The molecular formula is C14H16INO2. The summed E-state index contributed by atoms with van der Waals surface area (Å²) < 4.78 is 1.08. The Hall–Kier alpha value is -0.910. The van der Waals surface area contributed by atoms with Crippen molar-refractivity contribution in [2.75, 3.05) is 6.54 Å². The highest BCUT2D eigenvalue weighted by Crippen LogP contribution is 2.24. The molecule has 1 atom stereocenters. The second-order valence-corrected chi connectivity index (χ2v) is 5.92. The van der Waals surface area contributed by atoms with E-state index in [1.54, 1.807) is 12.1 Å². The first-order valence-electron chi connectivity index (χ1n) is 6.22. The van der Waals surface area contributed by atoms with Crippen molar-refractivity contribution in [3.05, 3.63) is 33.4 Å². The molecule has 0 radical (unpaired) electrons. The molecular weight excluding hydrogens is 341 g/mol. The monoisotopic (exact) mass is 357 g/mol. The minimum absolute atomic E-state index is 0.0306. The van der Waals surface area contributed by atoms with Crippen molar-refractivity contribution in [2.24, 2.45) is 5.92 Å². The third kappa shape index (κ3) is 2.91. The first-order chi connectivity index (χ1) is 8.61. The second-order valence-electron chi connectivity index (χ2n) is 4.68. The van der Waals surface area contributed by atoms with E-state index in [1.807, 2.05) is 12.1 Å². The molecule has 0 aromatic heterocycles. The van der Waals surface area contributed by atoms with E-state index in [0.717, 1.165) is 16.4 Å². The molecule has 1 aliphatic heterocycles. The Morgan fingerprint density at radius 2 is 2.06 bits per heavy atom. The van der Waals surface area contributed by atoms with E-state index >= 15 is 0 Å². The highest BCUT2D eigenvalue weighted by molar-refractivity contribution is 14.1. The number of benzene rings is 1. The Balaban J connectivity index is 2.10. The van der Waals surface area contributed by atoms with Gasteiger partial charge < -0.3 is 0 Å². The van der Waals surface area contributed by atoms with Crippen molar-refractivity contribution < 1.29 is 9.59 Å². The van der Waals surface area contributed by atoms with Crippen LogP contribution in [-0.4, -0.2) is 23.3 Å². The van der Waals surface area contributed by atoms with Crippen LogP contribution in [0.25, 0.3) is 0 Å². The minimum atomic E-state index is -0.157. The number of nitrogens with zero attached hydrogens (tertiary/aromatic N) is 1. The highest BCUT2D eigenvalue weighted by Gasteiger charge is 2.33. The van der Waals surface area contributed by atoms with Crippen LogP contribution in [0.1, 0.15) is 36.5 Å². The fourth-order valence-electron chi connectivity index (χ4n) is 2.33. The van der Waals surface area contributed by atoms with Crippen molar-refractivity contribution >= 4 is 34.4 Å². The molecule has 1 aliphatic rings. The number of carbonyl (C=O) groups excluding carboxylic acids is 2. The molecule has 1 unspecified atom stereocenters. The van der Waals surface area contributed by atoms with Gasteiger partial charge in [0.15, 0.2) is 0 Å². The van der Waals surface area contributed by atoms with E-state index in [1.165, 1.54) is 4.90 Å². The summed E-state index contributed by atoms with van der Waals surface area (Å²) in [6, 6.07) is 7.34. The molecule has 2 rings (SSSR count). The number of hydrogen-bond donors (Lipinski definition) is 0. The van der Waals surface area contributed by atoms with Crippen molar-refractivity contribution in [1.29, 1.82) is 0 Å². The zero-order chi connectivity index (χ0) is 13.1. The Kier molecular flexibility index (Phi) is 4.37. The Morgan fingerprint density at radius 3 is 2.67 bits per heavy atom. The number of rotatable bonds is 3. The summed E-state index contributed by atoms with van der Waals surface area (Å²) in [6.45, 7) is 2.69. The SMILES string of the molecule is CCCC1CC(=O)N(C(=O)c2ccc(I)cc2)C1. The van der Waals surface area contributed by atoms with Crippen LogP contribution in [0.3, 0.4) is 0 Å². The largest absolute Gasteiger partial charge is 0.278 e. The first kappa shape index (κ1) is 13.5. The van der Waals surface area contributed by atoms with Crippen LogP contribution in [-0.2, 0) is 4.79 Å². The van der Waals surface area contributed by atoms with Crippen LogP contribution in [0.4, 0.5) is 0 Å². The van der Waals surface area contributed by atoms with Gasteiger partial charge in [-0.2, -0.15) is 0 Å². The average Bonchev–Trinajstić information content (AvgIpc) is 2.71. The third-order valence-corrected chi connectivity index (χ3v) is 3.96. The van der Waals surface area contributed by atoms with Crippen LogP contribution in [0.5, 0.6) is 0 Å². The van der Waals surface area contributed by atoms with Gasteiger partial charge in [0.05, 0.1) is 0 Å². The predicted molar refractivity (Wildman–Crippen MR) is 78.2 cm³/mol. The molecule has 0 spiro atoms. The smallest absolute Gasteiger partial charge is 0.260 e. The maximum absolute atomic E-state index is 12.2. The Morgan fingerprint density at radius 1 is 1.39 bits per heavy atom. The zero-order valence-corrected chi connectivity index (χ0v) is 12.5. The Labute approximate surface area is 121 Å². The normalized spacial score (nSPS) is 19.3. The highest BCUT2D eigenvalue weighted by atomic mass is 127. The number of amides is 2. The van der Waals surface area contributed by atoms with E-state index < -0.39 is 0 Å². The zero-order valence-electron chi connectivity index (χ0n) is 10.4. The Bertz CT molecular complexity index is 455. The van der Waals surface area contributed by atoms with Crippen molar-refractivity contribution in [2.45, 2.75) is 26.2 Å². The fraction of sp³-hybridized carbons (Fsp3) is 0.429. The molecule has 0 N–H and O–H groups in total. The second kappa shape index (κ2) is 5.82.